The zero-order valence-corrected chi connectivity index (χ0v) is 26.5. The summed E-state index contributed by atoms with van der Waals surface area (Å²) in [6.07, 6.45) is 6.47. The fraction of sp³-hybridized carbons (Fsp3) is 0.105. The average Bonchev–Trinajstić information content (AvgIpc) is 3.01. The molecule has 0 aromatic heterocycles. The molecule has 3 aromatic rings. The van der Waals surface area contributed by atoms with Crippen molar-refractivity contribution in [1.82, 2.24) is 0 Å². The zero-order valence-electron chi connectivity index (χ0n) is 26.5. The molecule has 0 aliphatic heterocycles. The monoisotopic (exact) mass is 636 g/mol. The van der Waals surface area contributed by atoms with Crippen molar-refractivity contribution in [2.45, 2.75) is 27.7 Å². The third-order valence-electron chi connectivity index (χ3n) is 6.09. The van der Waals surface area contributed by atoms with E-state index in [0.29, 0.717) is 16.7 Å². The van der Waals surface area contributed by atoms with Gasteiger partial charge in [-0.15, -0.1) is 0 Å². The average molecular weight is 637 g/mol. The molecule has 0 atom stereocenters. The third kappa shape index (κ3) is 10.2. The third-order valence-corrected chi connectivity index (χ3v) is 6.09. The predicted molar refractivity (Wildman–Crippen MR) is 179 cm³/mol. The van der Waals surface area contributed by atoms with Crippen molar-refractivity contribution in [1.29, 1.82) is 0 Å². The first-order valence-corrected chi connectivity index (χ1v) is 14.1. The largest absolute Gasteiger partial charge is 0.419 e. The molecule has 240 valence electrons. The van der Waals surface area contributed by atoms with Crippen molar-refractivity contribution in [3.8, 4) is 23.0 Å². The first-order chi connectivity index (χ1) is 22.1. The number of hydrogen-bond acceptors (Lipinski definition) is 8. The second kappa shape index (κ2) is 15.8. The standard InChI is InChI=1S/C38H33FO8/c1-22(2)35(40)44-31-17-13-27(20-33(31)46-37(42)24(5)6)10-9-26-11-15-29(30(39)19-26)16-12-28-14-18-32(45-36(41)23(3)4)34(21-28)47-38(43)25(7)8/h9-21H,1,3,5,7H2,2,4,6,8H3/b10-9+,16-12+. The van der Waals surface area contributed by atoms with Crippen molar-refractivity contribution in [3.63, 3.8) is 0 Å². The van der Waals surface area contributed by atoms with Gasteiger partial charge in [0.05, 0.1) is 0 Å². The molecule has 3 aromatic carbocycles. The van der Waals surface area contributed by atoms with Crippen LogP contribution < -0.4 is 18.9 Å². The van der Waals surface area contributed by atoms with Crippen LogP contribution in [0.25, 0.3) is 24.3 Å². The van der Waals surface area contributed by atoms with Gasteiger partial charge in [-0.3, -0.25) is 0 Å². The maximum atomic E-state index is 15.1. The van der Waals surface area contributed by atoms with Gasteiger partial charge in [0.1, 0.15) is 5.82 Å². The van der Waals surface area contributed by atoms with Gasteiger partial charge in [0.25, 0.3) is 0 Å². The van der Waals surface area contributed by atoms with Gasteiger partial charge in [-0.25, -0.2) is 23.6 Å². The number of hydrogen-bond donors (Lipinski definition) is 0. The Morgan fingerprint density at radius 3 is 1.17 bits per heavy atom. The van der Waals surface area contributed by atoms with Gasteiger partial charge in [-0.1, -0.05) is 74.9 Å². The number of carbonyl (C=O) groups excluding carboxylic acids is 4. The topological polar surface area (TPSA) is 105 Å². The lowest BCUT2D eigenvalue weighted by Crippen LogP contribution is -2.12. The first kappa shape index (κ1) is 35.4. The Hall–Kier alpha value is -6.09. The molecule has 0 unspecified atom stereocenters. The van der Waals surface area contributed by atoms with Crippen LogP contribution in [-0.4, -0.2) is 23.9 Å². The minimum absolute atomic E-state index is 0.000907. The molecular formula is C38H33FO8. The van der Waals surface area contributed by atoms with Crippen molar-refractivity contribution in [2.75, 3.05) is 0 Å². The molecule has 0 aliphatic rings. The van der Waals surface area contributed by atoms with Crippen molar-refractivity contribution < 1.29 is 42.5 Å². The summed E-state index contributed by atoms with van der Waals surface area (Å²) in [5, 5.41) is 0. The number of halogens is 1. The number of carbonyl (C=O) groups is 4. The van der Waals surface area contributed by atoms with Gasteiger partial charge >= 0.3 is 23.9 Å². The second-order valence-electron chi connectivity index (χ2n) is 10.5. The Morgan fingerprint density at radius 1 is 0.489 bits per heavy atom. The molecule has 0 fully saturated rings. The van der Waals surface area contributed by atoms with E-state index in [2.05, 4.69) is 26.3 Å². The van der Waals surface area contributed by atoms with Crippen molar-refractivity contribution in [3.05, 3.63) is 131 Å². The summed E-state index contributed by atoms with van der Waals surface area (Å²) in [7, 11) is 0. The minimum Gasteiger partial charge on any atom is -0.419 e. The van der Waals surface area contributed by atoms with Gasteiger partial charge in [-0.2, -0.15) is 0 Å². The summed E-state index contributed by atoms with van der Waals surface area (Å²) < 4.78 is 36.3. The highest BCUT2D eigenvalue weighted by Crippen LogP contribution is 2.32. The fourth-order valence-electron chi connectivity index (χ4n) is 3.49. The van der Waals surface area contributed by atoms with Crippen LogP contribution in [0.15, 0.2) is 103 Å². The molecule has 0 N–H and O–H groups in total. The Kier molecular flexibility index (Phi) is 11.9. The van der Waals surface area contributed by atoms with E-state index in [1.165, 1.54) is 64.1 Å². The summed E-state index contributed by atoms with van der Waals surface area (Å²) in [6.45, 7) is 20.1. The predicted octanol–water partition coefficient (Wildman–Crippen LogP) is 8.09. The summed E-state index contributed by atoms with van der Waals surface area (Å²) in [5.41, 5.74) is 2.55. The van der Waals surface area contributed by atoms with E-state index >= 15 is 4.39 Å². The zero-order chi connectivity index (χ0) is 34.8. The number of benzene rings is 3. The Bertz CT molecular complexity index is 1880. The molecule has 0 saturated heterocycles. The van der Waals surface area contributed by atoms with E-state index in [1.807, 2.05) is 0 Å². The summed E-state index contributed by atoms with van der Waals surface area (Å²) in [6, 6.07) is 13.8. The highest BCUT2D eigenvalue weighted by Gasteiger charge is 2.17. The van der Waals surface area contributed by atoms with Gasteiger partial charge in [-0.05, 0) is 74.7 Å². The molecule has 0 aliphatic carbocycles. The Morgan fingerprint density at radius 2 is 0.809 bits per heavy atom. The highest BCUT2D eigenvalue weighted by molar-refractivity contribution is 5.92. The first-order valence-electron chi connectivity index (χ1n) is 14.1. The number of esters is 4. The van der Waals surface area contributed by atoms with Crippen molar-refractivity contribution in [2.24, 2.45) is 0 Å². The highest BCUT2D eigenvalue weighted by atomic mass is 19.1. The summed E-state index contributed by atoms with van der Waals surface area (Å²) in [5.74, 6) is -3.27. The lowest BCUT2D eigenvalue weighted by atomic mass is 10.1. The van der Waals surface area contributed by atoms with Crippen LogP contribution in [0.3, 0.4) is 0 Å². The number of ether oxygens (including phenoxy) is 4. The van der Waals surface area contributed by atoms with E-state index in [0.717, 1.165) is 0 Å². The van der Waals surface area contributed by atoms with Gasteiger partial charge in [0, 0.05) is 27.9 Å². The van der Waals surface area contributed by atoms with E-state index < -0.39 is 29.7 Å². The SMILES string of the molecule is C=C(C)C(=O)Oc1ccc(/C=C/c2ccc(/C=C/c3ccc(OC(=O)C(=C)C)c(OC(=O)C(=C)C)c3)c(F)c2)cc1OC(=O)C(=C)C. The normalized spacial score (nSPS) is 10.7. The molecule has 8 nitrogen and oxygen atoms in total. The van der Waals surface area contributed by atoms with Gasteiger partial charge < -0.3 is 18.9 Å². The quantitative estimate of drug-likeness (QED) is 0.0850. The molecule has 47 heavy (non-hydrogen) atoms. The fourth-order valence-corrected chi connectivity index (χ4v) is 3.49. The van der Waals surface area contributed by atoms with Crippen LogP contribution in [0.2, 0.25) is 0 Å². The van der Waals surface area contributed by atoms with Gasteiger partial charge in [0.15, 0.2) is 23.0 Å². The van der Waals surface area contributed by atoms with E-state index in [1.54, 1.807) is 42.5 Å². The van der Waals surface area contributed by atoms with Crippen LogP contribution in [0.1, 0.15) is 49.9 Å². The van der Waals surface area contributed by atoms with Crippen LogP contribution >= 0.6 is 0 Å². The summed E-state index contributed by atoms with van der Waals surface area (Å²) >= 11 is 0. The van der Waals surface area contributed by atoms with Crippen molar-refractivity contribution >= 4 is 48.2 Å². The minimum atomic E-state index is -0.709. The maximum Gasteiger partial charge on any atom is 0.338 e. The Balaban J connectivity index is 1.84. The molecular weight excluding hydrogens is 603 g/mol. The molecule has 0 saturated carbocycles. The molecule has 0 heterocycles. The van der Waals surface area contributed by atoms with Crippen LogP contribution in [0.4, 0.5) is 4.39 Å². The molecule has 0 bridgehead atoms. The van der Waals surface area contributed by atoms with Crippen LogP contribution in [0, 0.1) is 5.82 Å². The maximum absolute atomic E-state index is 15.1. The summed E-state index contributed by atoms with van der Waals surface area (Å²) in [4.78, 5) is 48.4. The van der Waals surface area contributed by atoms with Gasteiger partial charge in [0.2, 0.25) is 0 Å². The molecule has 0 radical (unpaired) electrons. The molecule has 3 rings (SSSR count). The second-order valence-corrected chi connectivity index (χ2v) is 10.5. The Labute approximate surface area is 272 Å². The molecule has 0 spiro atoms. The lowest BCUT2D eigenvalue weighted by Gasteiger charge is -2.11. The van der Waals surface area contributed by atoms with Crippen LogP contribution in [-0.2, 0) is 19.2 Å². The molecule has 9 heteroatoms. The van der Waals surface area contributed by atoms with E-state index in [4.69, 9.17) is 18.9 Å². The molecule has 0 amide bonds. The smallest absolute Gasteiger partial charge is 0.338 e. The number of rotatable bonds is 12. The lowest BCUT2D eigenvalue weighted by molar-refractivity contribution is -0.132. The van der Waals surface area contributed by atoms with Crippen LogP contribution in [0.5, 0.6) is 23.0 Å². The van der Waals surface area contributed by atoms with E-state index in [-0.39, 0.29) is 50.9 Å². The van der Waals surface area contributed by atoms with E-state index in [9.17, 15) is 19.2 Å².